The standard InChI is InChI=1S/C26H26N2O6S/c1-18-16-20-8-4-5-9-22(20)28(18)25(29)17-34-26(30)19-12-14-21(15-13-19)35(31,32)27(2)23-10-6-7-11-24(23)33-3/h4-15,18H,16-17H2,1-3H3. The van der Waals surface area contributed by atoms with Crippen LogP contribution in [-0.2, 0) is 26.0 Å². The molecule has 35 heavy (non-hydrogen) atoms. The molecule has 0 radical (unpaired) electrons. The summed E-state index contributed by atoms with van der Waals surface area (Å²) < 4.78 is 37.8. The van der Waals surface area contributed by atoms with Crippen LogP contribution < -0.4 is 13.9 Å². The number of benzene rings is 3. The molecule has 1 aliphatic heterocycles. The zero-order valence-corrected chi connectivity index (χ0v) is 20.5. The molecule has 8 nitrogen and oxygen atoms in total. The van der Waals surface area contributed by atoms with Crippen LogP contribution in [0.3, 0.4) is 0 Å². The third-order valence-corrected chi connectivity index (χ3v) is 7.76. The van der Waals surface area contributed by atoms with E-state index >= 15 is 0 Å². The number of anilines is 2. The van der Waals surface area contributed by atoms with Crippen LogP contribution in [0.1, 0.15) is 22.8 Å². The Labute approximate surface area is 204 Å². The Bertz CT molecular complexity index is 1350. The Morgan fingerprint density at radius 2 is 1.66 bits per heavy atom. The van der Waals surface area contributed by atoms with Gasteiger partial charge in [-0.25, -0.2) is 13.2 Å². The predicted molar refractivity (Wildman–Crippen MR) is 132 cm³/mol. The maximum Gasteiger partial charge on any atom is 0.338 e. The Kier molecular flexibility index (Phi) is 6.79. The van der Waals surface area contributed by atoms with E-state index in [1.54, 1.807) is 29.2 Å². The zero-order valence-electron chi connectivity index (χ0n) is 19.7. The van der Waals surface area contributed by atoms with Crippen molar-refractivity contribution >= 4 is 33.3 Å². The van der Waals surface area contributed by atoms with E-state index in [4.69, 9.17) is 9.47 Å². The highest BCUT2D eigenvalue weighted by Crippen LogP contribution is 2.32. The normalized spacial score (nSPS) is 14.8. The molecule has 1 aliphatic rings. The van der Waals surface area contributed by atoms with E-state index in [1.165, 1.54) is 38.4 Å². The first-order valence-electron chi connectivity index (χ1n) is 11.0. The van der Waals surface area contributed by atoms with Gasteiger partial charge in [0.2, 0.25) is 0 Å². The number of carbonyl (C=O) groups excluding carboxylic acids is 2. The number of rotatable bonds is 7. The lowest BCUT2D eigenvalue weighted by Crippen LogP contribution is -2.38. The van der Waals surface area contributed by atoms with Gasteiger partial charge in [-0.2, -0.15) is 0 Å². The molecule has 3 aromatic rings. The fraction of sp³-hybridized carbons (Fsp3) is 0.231. The summed E-state index contributed by atoms with van der Waals surface area (Å²) in [4.78, 5) is 26.9. The summed E-state index contributed by atoms with van der Waals surface area (Å²) in [5.41, 5.74) is 2.44. The number of para-hydroxylation sites is 3. The van der Waals surface area contributed by atoms with Crippen LogP contribution in [0.25, 0.3) is 0 Å². The molecule has 0 fully saturated rings. The topological polar surface area (TPSA) is 93.2 Å². The highest BCUT2D eigenvalue weighted by atomic mass is 32.2. The van der Waals surface area contributed by atoms with E-state index in [0.717, 1.165) is 22.0 Å². The first kappa shape index (κ1) is 24.3. The van der Waals surface area contributed by atoms with Crippen LogP contribution in [-0.4, -0.2) is 47.1 Å². The van der Waals surface area contributed by atoms with Gasteiger partial charge in [0.1, 0.15) is 5.75 Å². The van der Waals surface area contributed by atoms with Crippen LogP contribution in [0.15, 0.2) is 77.7 Å². The van der Waals surface area contributed by atoms with Crippen LogP contribution in [0.4, 0.5) is 11.4 Å². The van der Waals surface area contributed by atoms with Gasteiger partial charge in [0.15, 0.2) is 6.61 Å². The first-order chi connectivity index (χ1) is 16.7. The van der Waals surface area contributed by atoms with E-state index in [0.29, 0.717) is 11.4 Å². The lowest BCUT2D eigenvalue weighted by atomic mass is 10.1. The number of nitrogens with zero attached hydrogens (tertiary/aromatic N) is 2. The number of esters is 1. The van der Waals surface area contributed by atoms with Gasteiger partial charge in [0.25, 0.3) is 15.9 Å². The van der Waals surface area contributed by atoms with Gasteiger partial charge >= 0.3 is 5.97 Å². The van der Waals surface area contributed by atoms with Gasteiger partial charge in [-0.3, -0.25) is 9.10 Å². The molecule has 9 heteroatoms. The van der Waals surface area contributed by atoms with Crippen molar-refractivity contribution in [1.82, 2.24) is 0 Å². The zero-order chi connectivity index (χ0) is 25.2. The first-order valence-corrected chi connectivity index (χ1v) is 12.5. The molecule has 0 saturated carbocycles. The summed E-state index contributed by atoms with van der Waals surface area (Å²) in [6.45, 7) is 1.54. The molecule has 1 amide bonds. The molecule has 0 N–H and O–H groups in total. The predicted octanol–water partition coefficient (Wildman–Crippen LogP) is 3.65. The van der Waals surface area contributed by atoms with Crippen molar-refractivity contribution in [3.05, 3.63) is 83.9 Å². The van der Waals surface area contributed by atoms with Gasteiger partial charge < -0.3 is 14.4 Å². The molecule has 3 aromatic carbocycles. The Balaban J connectivity index is 1.43. The number of hydrogen-bond donors (Lipinski definition) is 0. The second kappa shape index (κ2) is 9.79. The second-order valence-electron chi connectivity index (χ2n) is 8.19. The van der Waals surface area contributed by atoms with Crippen molar-refractivity contribution in [3.63, 3.8) is 0 Å². The summed E-state index contributed by atoms with van der Waals surface area (Å²) in [5.74, 6) is -0.604. The van der Waals surface area contributed by atoms with Gasteiger partial charge in [-0.1, -0.05) is 30.3 Å². The number of hydrogen-bond acceptors (Lipinski definition) is 6. The fourth-order valence-electron chi connectivity index (χ4n) is 4.17. The largest absolute Gasteiger partial charge is 0.495 e. The molecule has 4 rings (SSSR count). The van der Waals surface area contributed by atoms with E-state index in [2.05, 4.69) is 0 Å². The number of amides is 1. The van der Waals surface area contributed by atoms with E-state index < -0.39 is 22.6 Å². The Morgan fingerprint density at radius 1 is 1.00 bits per heavy atom. The lowest BCUT2D eigenvalue weighted by Gasteiger charge is -2.22. The average molecular weight is 495 g/mol. The molecule has 0 bridgehead atoms. The van der Waals surface area contributed by atoms with Crippen molar-refractivity contribution in [1.29, 1.82) is 0 Å². The molecule has 0 spiro atoms. The molecule has 1 heterocycles. The van der Waals surface area contributed by atoms with Gasteiger partial charge in [-0.05, 0) is 61.4 Å². The average Bonchev–Trinajstić information content (AvgIpc) is 3.22. The van der Waals surface area contributed by atoms with Crippen molar-refractivity contribution < 1.29 is 27.5 Å². The second-order valence-corrected chi connectivity index (χ2v) is 10.2. The van der Waals surface area contributed by atoms with E-state index in [9.17, 15) is 18.0 Å². The van der Waals surface area contributed by atoms with Crippen LogP contribution >= 0.6 is 0 Å². The third-order valence-electron chi connectivity index (χ3n) is 5.98. The molecule has 0 saturated heterocycles. The van der Waals surface area contributed by atoms with Gasteiger partial charge in [-0.15, -0.1) is 0 Å². The van der Waals surface area contributed by atoms with Crippen molar-refractivity contribution in [3.8, 4) is 5.75 Å². The van der Waals surface area contributed by atoms with E-state index in [-0.39, 0.29) is 22.4 Å². The minimum Gasteiger partial charge on any atom is -0.495 e. The summed E-state index contributed by atoms with van der Waals surface area (Å²) in [6.07, 6.45) is 0.745. The number of ether oxygens (including phenoxy) is 2. The summed E-state index contributed by atoms with van der Waals surface area (Å²) in [5, 5.41) is 0. The Hall–Kier alpha value is -3.85. The highest BCUT2D eigenvalue weighted by molar-refractivity contribution is 7.92. The molecule has 1 atom stereocenters. The number of carbonyl (C=O) groups is 2. The quantitative estimate of drug-likeness (QED) is 0.466. The van der Waals surface area contributed by atoms with E-state index in [1.807, 2.05) is 31.2 Å². The molecule has 182 valence electrons. The molecule has 1 unspecified atom stereocenters. The smallest absolute Gasteiger partial charge is 0.338 e. The monoisotopic (exact) mass is 494 g/mol. The maximum absolute atomic E-state index is 13.1. The number of methoxy groups -OCH3 is 1. The third kappa shape index (κ3) is 4.72. The van der Waals surface area contributed by atoms with Crippen LogP contribution in [0, 0.1) is 0 Å². The number of fused-ring (bicyclic) bond motifs is 1. The van der Waals surface area contributed by atoms with Crippen LogP contribution in [0.5, 0.6) is 5.75 Å². The van der Waals surface area contributed by atoms with Crippen molar-refractivity contribution in [2.75, 3.05) is 30.0 Å². The fourth-order valence-corrected chi connectivity index (χ4v) is 5.37. The van der Waals surface area contributed by atoms with Crippen molar-refractivity contribution in [2.24, 2.45) is 0 Å². The number of sulfonamides is 1. The molecular weight excluding hydrogens is 468 g/mol. The summed E-state index contributed by atoms with van der Waals surface area (Å²) in [6, 6.07) is 19.8. The highest BCUT2D eigenvalue weighted by Gasteiger charge is 2.31. The minimum atomic E-state index is -3.90. The maximum atomic E-state index is 13.1. The summed E-state index contributed by atoms with van der Waals surface area (Å²) >= 11 is 0. The molecule has 0 aromatic heterocycles. The van der Waals surface area contributed by atoms with Gasteiger partial charge in [0, 0.05) is 18.8 Å². The van der Waals surface area contributed by atoms with Gasteiger partial charge in [0.05, 0.1) is 23.3 Å². The van der Waals surface area contributed by atoms with Crippen LogP contribution in [0.2, 0.25) is 0 Å². The van der Waals surface area contributed by atoms with Crippen molar-refractivity contribution in [2.45, 2.75) is 24.3 Å². The minimum absolute atomic E-state index is 0.000955. The Morgan fingerprint density at radius 3 is 2.37 bits per heavy atom. The lowest BCUT2D eigenvalue weighted by molar-refractivity contribution is -0.122. The summed E-state index contributed by atoms with van der Waals surface area (Å²) in [7, 11) is -1.00. The SMILES string of the molecule is COc1ccccc1N(C)S(=O)(=O)c1ccc(C(=O)OCC(=O)N2c3ccccc3CC2C)cc1. The molecule has 0 aliphatic carbocycles. The molecular formula is C26H26N2O6S.